The van der Waals surface area contributed by atoms with Gasteiger partial charge in [0.15, 0.2) is 0 Å². The van der Waals surface area contributed by atoms with Gasteiger partial charge in [0.2, 0.25) is 0 Å². The number of amides is 1. The largest absolute Gasteiger partial charge is 0.480 e. The normalized spacial score (nSPS) is 27.8. The van der Waals surface area contributed by atoms with Crippen LogP contribution in [0.1, 0.15) is 47.5 Å². The zero-order valence-corrected chi connectivity index (χ0v) is 12.3. The molecule has 1 rings (SSSR count). The molecule has 0 aromatic rings. The molecule has 5 heteroatoms. The van der Waals surface area contributed by atoms with E-state index in [1.165, 1.54) is 4.90 Å². The van der Waals surface area contributed by atoms with Gasteiger partial charge in [0.1, 0.15) is 11.1 Å². The Balaban J connectivity index is 3.06. The van der Waals surface area contributed by atoms with Gasteiger partial charge >= 0.3 is 12.1 Å². The number of carboxylic acids is 1. The fraction of sp³-hybridized carbons (Fsp3) is 0.714. The number of hydrogen-bond acceptors (Lipinski definition) is 3. The number of carbonyl (C=O) groups is 2. The van der Waals surface area contributed by atoms with Gasteiger partial charge < -0.3 is 9.84 Å². The van der Waals surface area contributed by atoms with E-state index >= 15 is 0 Å². The molecule has 1 saturated heterocycles. The van der Waals surface area contributed by atoms with Gasteiger partial charge in [0.05, 0.1) is 6.04 Å². The second kappa shape index (κ2) is 5.23. The van der Waals surface area contributed by atoms with Crippen LogP contribution in [0, 0.1) is 0 Å². The third kappa shape index (κ3) is 3.28. The molecule has 1 heterocycles. The summed E-state index contributed by atoms with van der Waals surface area (Å²) in [4.78, 5) is 25.1. The van der Waals surface area contributed by atoms with Crippen molar-refractivity contribution in [3.8, 4) is 0 Å². The third-order valence-electron chi connectivity index (χ3n) is 3.26. The highest BCUT2D eigenvalue weighted by molar-refractivity contribution is 5.85. The van der Waals surface area contributed by atoms with Crippen molar-refractivity contribution in [2.24, 2.45) is 0 Å². The Morgan fingerprint density at radius 1 is 1.42 bits per heavy atom. The minimum atomic E-state index is -1.20. The molecule has 0 unspecified atom stereocenters. The van der Waals surface area contributed by atoms with Crippen LogP contribution in [0.3, 0.4) is 0 Å². The van der Waals surface area contributed by atoms with Gasteiger partial charge in [-0.05, 0) is 47.5 Å². The van der Waals surface area contributed by atoms with Gasteiger partial charge in [-0.15, -0.1) is 0 Å². The molecule has 1 aliphatic rings. The van der Waals surface area contributed by atoms with Crippen molar-refractivity contribution in [3.05, 3.63) is 12.2 Å². The molecular formula is C14H23NO4. The lowest BCUT2D eigenvalue weighted by atomic mass is 10.00. The van der Waals surface area contributed by atoms with Crippen molar-refractivity contribution in [1.29, 1.82) is 0 Å². The van der Waals surface area contributed by atoms with Crippen LogP contribution in [0.15, 0.2) is 12.2 Å². The molecular weight excluding hydrogens is 246 g/mol. The van der Waals surface area contributed by atoms with Crippen molar-refractivity contribution in [1.82, 2.24) is 4.90 Å². The van der Waals surface area contributed by atoms with E-state index in [9.17, 15) is 14.7 Å². The Morgan fingerprint density at radius 2 is 2.00 bits per heavy atom. The Hall–Kier alpha value is -1.52. The Kier molecular flexibility index (Phi) is 4.28. The number of rotatable bonds is 2. The average molecular weight is 269 g/mol. The molecule has 0 aliphatic carbocycles. The minimum absolute atomic E-state index is 0.221. The Morgan fingerprint density at radius 3 is 2.42 bits per heavy atom. The zero-order valence-electron chi connectivity index (χ0n) is 12.3. The van der Waals surface area contributed by atoms with Crippen LogP contribution in [0.25, 0.3) is 0 Å². The zero-order chi connectivity index (χ0) is 14.8. The highest BCUT2D eigenvalue weighted by Crippen LogP contribution is 2.36. The highest BCUT2D eigenvalue weighted by atomic mass is 16.6. The van der Waals surface area contributed by atoms with Crippen LogP contribution < -0.4 is 0 Å². The maximum atomic E-state index is 12.3. The highest BCUT2D eigenvalue weighted by Gasteiger charge is 2.51. The first-order valence-corrected chi connectivity index (χ1v) is 6.50. The van der Waals surface area contributed by atoms with Gasteiger partial charge in [0.25, 0.3) is 0 Å². The number of likely N-dealkylation sites (tertiary alicyclic amines) is 1. The molecule has 0 bridgehead atoms. The number of aliphatic carboxylic acids is 1. The van der Waals surface area contributed by atoms with Crippen LogP contribution in [0.5, 0.6) is 0 Å². The smallest absolute Gasteiger partial charge is 0.411 e. The van der Waals surface area contributed by atoms with Crippen molar-refractivity contribution in [2.45, 2.75) is 64.6 Å². The predicted octanol–water partition coefficient (Wildman–Crippen LogP) is 2.81. The van der Waals surface area contributed by atoms with Crippen molar-refractivity contribution in [2.75, 3.05) is 0 Å². The molecule has 19 heavy (non-hydrogen) atoms. The molecule has 0 aromatic heterocycles. The summed E-state index contributed by atoms with van der Waals surface area (Å²) in [6.07, 6.45) is 4.16. The lowest BCUT2D eigenvalue weighted by Crippen LogP contribution is -2.54. The van der Waals surface area contributed by atoms with Crippen molar-refractivity contribution < 1.29 is 19.4 Å². The fourth-order valence-electron chi connectivity index (χ4n) is 2.31. The number of ether oxygens (including phenoxy) is 1. The van der Waals surface area contributed by atoms with E-state index < -0.39 is 23.2 Å². The molecule has 108 valence electrons. The maximum Gasteiger partial charge on any atom is 0.411 e. The minimum Gasteiger partial charge on any atom is -0.480 e. The Labute approximate surface area is 114 Å². The van der Waals surface area contributed by atoms with Gasteiger partial charge in [-0.1, -0.05) is 12.2 Å². The summed E-state index contributed by atoms with van der Waals surface area (Å²) >= 11 is 0. The second-order valence-corrected chi connectivity index (χ2v) is 6.06. The van der Waals surface area contributed by atoms with Crippen LogP contribution in [0.4, 0.5) is 4.79 Å². The first kappa shape index (κ1) is 15.5. The molecule has 0 radical (unpaired) electrons. The van der Waals surface area contributed by atoms with E-state index in [0.29, 0.717) is 12.8 Å². The first-order chi connectivity index (χ1) is 8.62. The van der Waals surface area contributed by atoms with Crippen LogP contribution in [-0.2, 0) is 9.53 Å². The number of nitrogens with zero attached hydrogens (tertiary/aromatic N) is 1. The van der Waals surface area contributed by atoms with E-state index in [1.54, 1.807) is 27.7 Å². The molecule has 0 aromatic carbocycles. The van der Waals surface area contributed by atoms with E-state index in [1.807, 2.05) is 19.1 Å². The molecule has 0 saturated carbocycles. The molecule has 1 amide bonds. The summed E-state index contributed by atoms with van der Waals surface area (Å²) in [6.45, 7) is 8.73. The van der Waals surface area contributed by atoms with Gasteiger partial charge in [-0.3, -0.25) is 4.90 Å². The lowest BCUT2D eigenvalue weighted by Gasteiger charge is -2.35. The quantitative estimate of drug-likeness (QED) is 0.783. The number of carboxylic acid groups (broad SMARTS) is 1. The molecule has 1 aliphatic heterocycles. The van der Waals surface area contributed by atoms with E-state index in [-0.39, 0.29) is 6.04 Å². The maximum absolute atomic E-state index is 12.3. The predicted molar refractivity (Wildman–Crippen MR) is 71.9 cm³/mol. The number of carbonyl (C=O) groups excluding carboxylic acids is 1. The topological polar surface area (TPSA) is 66.8 Å². The SMILES string of the molecule is CC=C[C@@H]1CC[C@@](C)(C(=O)O)N1C(=O)OC(C)(C)C. The molecule has 1 fully saturated rings. The second-order valence-electron chi connectivity index (χ2n) is 6.06. The summed E-state index contributed by atoms with van der Waals surface area (Å²) in [5.41, 5.74) is -1.84. The van der Waals surface area contributed by atoms with Gasteiger partial charge in [-0.25, -0.2) is 9.59 Å². The van der Waals surface area contributed by atoms with Crippen LogP contribution in [-0.4, -0.2) is 39.3 Å². The summed E-state index contributed by atoms with van der Waals surface area (Å²) in [5.74, 6) is -0.995. The molecule has 0 spiro atoms. The third-order valence-corrected chi connectivity index (χ3v) is 3.26. The number of allylic oxidation sites excluding steroid dienone is 1. The summed E-state index contributed by atoms with van der Waals surface area (Å²) in [5, 5.41) is 9.40. The Bertz CT molecular complexity index is 397. The van der Waals surface area contributed by atoms with Crippen LogP contribution in [0.2, 0.25) is 0 Å². The average Bonchev–Trinajstić information content (AvgIpc) is 2.55. The van der Waals surface area contributed by atoms with E-state index in [4.69, 9.17) is 4.74 Å². The summed E-state index contributed by atoms with van der Waals surface area (Å²) in [6, 6.07) is -0.221. The summed E-state index contributed by atoms with van der Waals surface area (Å²) in [7, 11) is 0. The lowest BCUT2D eigenvalue weighted by molar-refractivity contribution is -0.148. The van der Waals surface area contributed by atoms with Crippen molar-refractivity contribution in [3.63, 3.8) is 0 Å². The van der Waals surface area contributed by atoms with Gasteiger partial charge in [-0.2, -0.15) is 0 Å². The molecule has 2 atom stereocenters. The monoisotopic (exact) mass is 269 g/mol. The van der Waals surface area contributed by atoms with Gasteiger partial charge in [0, 0.05) is 0 Å². The standard InChI is InChI=1S/C14H23NO4/c1-6-7-10-8-9-14(5,11(16)17)15(10)12(18)19-13(2,3)4/h6-7,10H,8-9H2,1-5H3,(H,16,17)/t10-,14+/m1/s1. The first-order valence-electron chi connectivity index (χ1n) is 6.50. The van der Waals surface area contributed by atoms with Crippen molar-refractivity contribution >= 4 is 12.1 Å². The van der Waals surface area contributed by atoms with E-state index in [2.05, 4.69) is 0 Å². The van der Waals surface area contributed by atoms with Crippen LogP contribution >= 0.6 is 0 Å². The molecule has 1 N–H and O–H groups in total. The molecule has 5 nitrogen and oxygen atoms in total. The fourth-order valence-corrected chi connectivity index (χ4v) is 2.31. The summed E-state index contributed by atoms with van der Waals surface area (Å²) < 4.78 is 5.33. The van der Waals surface area contributed by atoms with E-state index in [0.717, 1.165) is 0 Å². The number of hydrogen-bond donors (Lipinski definition) is 1.